The molecule has 0 amide bonds. The summed E-state index contributed by atoms with van der Waals surface area (Å²) < 4.78 is 4.48. The molecule has 0 saturated carbocycles. The van der Waals surface area contributed by atoms with Crippen LogP contribution in [0.4, 0.5) is 0 Å². The minimum atomic E-state index is -0.674. The number of nitrogens with two attached hydrogens (primary N) is 1. The fourth-order valence-corrected chi connectivity index (χ4v) is 0.379. The smallest absolute Gasteiger partial charge is 0.357 e. The molecule has 58 valence electrons. The lowest BCUT2D eigenvalue weighted by Gasteiger charge is -1.99. The summed E-state index contributed by atoms with van der Waals surface area (Å²) in [6.07, 6.45) is 0. The number of ether oxygens (including phenoxy) is 1. The van der Waals surface area contributed by atoms with Crippen LogP contribution in [-0.4, -0.2) is 30.0 Å². The van der Waals surface area contributed by atoms with Gasteiger partial charge in [0.1, 0.15) is 0 Å². The minimum Gasteiger partial charge on any atom is -0.461 e. The van der Waals surface area contributed by atoms with Gasteiger partial charge in [0.15, 0.2) is 5.71 Å². The van der Waals surface area contributed by atoms with Crippen molar-refractivity contribution in [3.63, 3.8) is 0 Å². The third-order valence-corrected chi connectivity index (χ3v) is 0.825. The van der Waals surface area contributed by atoms with E-state index in [1.54, 1.807) is 6.92 Å². The van der Waals surface area contributed by atoms with E-state index in [9.17, 15) is 4.79 Å². The van der Waals surface area contributed by atoms with E-state index in [0.717, 1.165) is 0 Å². The average molecular weight is 146 g/mol. The van der Waals surface area contributed by atoms with Gasteiger partial charge in [-0.25, -0.2) is 4.79 Å². The number of oxime groups is 1. The molecular formula is C5H10N2O3. The second kappa shape index (κ2) is 4.75. The molecule has 0 aromatic carbocycles. The average Bonchev–Trinajstić information content (AvgIpc) is 1.91. The van der Waals surface area contributed by atoms with Crippen LogP contribution < -0.4 is 5.73 Å². The molecule has 0 aliphatic heterocycles. The Hall–Kier alpha value is -1.10. The lowest BCUT2D eigenvalue weighted by molar-refractivity contribution is -0.135. The van der Waals surface area contributed by atoms with Gasteiger partial charge in [-0.3, -0.25) is 0 Å². The highest BCUT2D eigenvalue weighted by molar-refractivity contribution is 6.37. The zero-order valence-corrected chi connectivity index (χ0v) is 5.70. The fraction of sp³-hybridized carbons (Fsp3) is 0.600. The van der Waals surface area contributed by atoms with Gasteiger partial charge >= 0.3 is 5.97 Å². The van der Waals surface area contributed by atoms with Crippen molar-refractivity contribution >= 4 is 11.7 Å². The molecule has 0 aromatic rings. The van der Waals surface area contributed by atoms with E-state index in [1.165, 1.54) is 0 Å². The number of rotatable bonds is 3. The first-order chi connectivity index (χ1) is 4.76. The van der Waals surface area contributed by atoms with E-state index in [2.05, 4.69) is 9.89 Å². The first kappa shape index (κ1) is 8.90. The maximum atomic E-state index is 10.6. The molecule has 0 rings (SSSR count). The van der Waals surface area contributed by atoms with E-state index in [0.29, 0.717) is 0 Å². The van der Waals surface area contributed by atoms with Crippen molar-refractivity contribution in [2.45, 2.75) is 6.92 Å². The minimum absolute atomic E-state index is 0.116. The molecule has 10 heavy (non-hydrogen) atoms. The predicted molar refractivity (Wildman–Crippen MR) is 34.9 cm³/mol. The van der Waals surface area contributed by atoms with Crippen LogP contribution in [0.25, 0.3) is 0 Å². The van der Waals surface area contributed by atoms with Gasteiger partial charge < -0.3 is 15.7 Å². The molecule has 0 radical (unpaired) electrons. The molecule has 0 heterocycles. The Bertz CT molecular complexity index is 144. The van der Waals surface area contributed by atoms with Crippen LogP contribution in [0.1, 0.15) is 6.92 Å². The zero-order valence-electron chi connectivity index (χ0n) is 5.70. The Morgan fingerprint density at radius 2 is 2.40 bits per heavy atom. The van der Waals surface area contributed by atoms with E-state index >= 15 is 0 Å². The van der Waals surface area contributed by atoms with E-state index < -0.39 is 5.97 Å². The van der Waals surface area contributed by atoms with Gasteiger partial charge in [0.05, 0.1) is 6.61 Å². The van der Waals surface area contributed by atoms with Gasteiger partial charge in [-0.05, 0) is 6.92 Å². The molecule has 5 heteroatoms. The molecule has 0 atom stereocenters. The molecule has 0 aromatic heterocycles. The molecule has 0 aliphatic carbocycles. The normalized spacial score (nSPS) is 11.2. The van der Waals surface area contributed by atoms with Crippen molar-refractivity contribution in [3.8, 4) is 0 Å². The summed E-state index contributed by atoms with van der Waals surface area (Å²) in [5.74, 6) is -0.674. The van der Waals surface area contributed by atoms with Crippen LogP contribution in [0.2, 0.25) is 0 Å². The predicted octanol–water partition coefficient (Wildman–Crippen LogP) is -0.662. The monoisotopic (exact) mass is 146 g/mol. The molecule has 0 unspecified atom stereocenters. The van der Waals surface area contributed by atoms with E-state index in [4.69, 9.17) is 10.9 Å². The maximum absolute atomic E-state index is 10.6. The molecule has 0 bridgehead atoms. The summed E-state index contributed by atoms with van der Waals surface area (Å²) >= 11 is 0. The van der Waals surface area contributed by atoms with Crippen LogP contribution in [0.15, 0.2) is 5.16 Å². The number of carbonyl (C=O) groups excluding carboxylic acids is 1. The van der Waals surface area contributed by atoms with Crippen LogP contribution in [-0.2, 0) is 9.53 Å². The lowest BCUT2D eigenvalue weighted by Crippen LogP contribution is -2.25. The summed E-state index contributed by atoms with van der Waals surface area (Å²) in [5, 5.41) is 10.8. The molecule has 3 N–H and O–H groups in total. The molecule has 0 aliphatic rings. The number of carbonyl (C=O) groups is 1. The molecule has 5 nitrogen and oxygen atoms in total. The summed E-state index contributed by atoms with van der Waals surface area (Å²) in [7, 11) is 0. The quantitative estimate of drug-likeness (QED) is 0.239. The Kier molecular flexibility index (Phi) is 4.23. The van der Waals surface area contributed by atoms with Crippen molar-refractivity contribution in [1.82, 2.24) is 0 Å². The first-order valence-corrected chi connectivity index (χ1v) is 2.84. The molecule has 0 spiro atoms. The van der Waals surface area contributed by atoms with Crippen LogP contribution in [0, 0.1) is 0 Å². The van der Waals surface area contributed by atoms with Crippen molar-refractivity contribution in [2.75, 3.05) is 13.2 Å². The SMILES string of the molecule is CCOC(=O)/C(CN)=N/O. The van der Waals surface area contributed by atoms with Crippen LogP contribution in [0.3, 0.4) is 0 Å². The summed E-state index contributed by atoms with van der Waals surface area (Å²) in [4.78, 5) is 10.6. The first-order valence-electron chi connectivity index (χ1n) is 2.84. The highest BCUT2D eigenvalue weighted by Crippen LogP contribution is 1.81. The highest BCUT2D eigenvalue weighted by Gasteiger charge is 2.09. The van der Waals surface area contributed by atoms with Gasteiger partial charge in [0.25, 0.3) is 0 Å². The van der Waals surface area contributed by atoms with Gasteiger partial charge in [0, 0.05) is 6.54 Å². The lowest BCUT2D eigenvalue weighted by atomic mass is 10.4. The van der Waals surface area contributed by atoms with Crippen LogP contribution >= 0.6 is 0 Å². The summed E-state index contributed by atoms with van der Waals surface area (Å²) in [6.45, 7) is 1.79. The van der Waals surface area contributed by atoms with Crippen LogP contribution in [0.5, 0.6) is 0 Å². The number of hydrogen-bond donors (Lipinski definition) is 2. The van der Waals surface area contributed by atoms with Gasteiger partial charge in [-0.1, -0.05) is 5.16 Å². The number of hydrogen-bond acceptors (Lipinski definition) is 5. The third-order valence-electron chi connectivity index (χ3n) is 0.825. The number of esters is 1. The second-order valence-electron chi connectivity index (χ2n) is 1.47. The van der Waals surface area contributed by atoms with E-state index in [-0.39, 0.29) is 18.9 Å². The Morgan fingerprint density at radius 3 is 2.70 bits per heavy atom. The number of nitrogens with zero attached hydrogens (tertiary/aromatic N) is 1. The highest BCUT2D eigenvalue weighted by atomic mass is 16.5. The van der Waals surface area contributed by atoms with Crippen molar-refractivity contribution in [1.29, 1.82) is 0 Å². The van der Waals surface area contributed by atoms with Crippen molar-refractivity contribution < 1.29 is 14.7 Å². The zero-order chi connectivity index (χ0) is 7.98. The fourth-order valence-electron chi connectivity index (χ4n) is 0.379. The third kappa shape index (κ3) is 2.45. The topological polar surface area (TPSA) is 84.9 Å². The Labute approximate surface area is 58.5 Å². The van der Waals surface area contributed by atoms with Gasteiger partial charge in [-0.2, -0.15) is 0 Å². The largest absolute Gasteiger partial charge is 0.461 e. The standard InChI is InChI=1S/C5H10N2O3/c1-2-10-5(8)4(3-6)7-9/h9H,2-3,6H2,1H3/b7-4+. The maximum Gasteiger partial charge on any atom is 0.357 e. The summed E-state index contributed by atoms with van der Waals surface area (Å²) in [5.41, 5.74) is 4.86. The molecule has 0 fully saturated rings. The second-order valence-corrected chi connectivity index (χ2v) is 1.47. The molecular weight excluding hydrogens is 136 g/mol. The summed E-state index contributed by atoms with van der Waals surface area (Å²) in [6, 6.07) is 0. The Morgan fingerprint density at radius 1 is 1.80 bits per heavy atom. The van der Waals surface area contributed by atoms with E-state index in [1.807, 2.05) is 0 Å². The van der Waals surface area contributed by atoms with Crippen molar-refractivity contribution in [3.05, 3.63) is 0 Å². The van der Waals surface area contributed by atoms with Gasteiger partial charge in [-0.15, -0.1) is 0 Å². The molecule has 0 saturated heterocycles. The van der Waals surface area contributed by atoms with Crippen molar-refractivity contribution in [2.24, 2.45) is 10.9 Å². The Balaban J connectivity index is 3.91. The van der Waals surface area contributed by atoms with Gasteiger partial charge in [0.2, 0.25) is 0 Å².